The van der Waals surface area contributed by atoms with Crippen LogP contribution < -0.4 is 15.8 Å². The summed E-state index contributed by atoms with van der Waals surface area (Å²) in [6.07, 6.45) is -0.598. The lowest BCUT2D eigenvalue weighted by molar-refractivity contribution is -0.388. The van der Waals surface area contributed by atoms with Crippen molar-refractivity contribution in [3.63, 3.8) is 0 Å². The second-order valence-corrected chi connectivity index (χ2v) is 12.9. The standard InChI is InChI=1S/C24H31F3N4O6S/c1-14-7-15-8-16(12-22(10-14,11-15)20(28)32)13-29-21(33)23(5-2-6-23)30-38(36,37)17-3-4-19(31(34)35)18(9-17)24(25,26)27/h3-4,9,14-16,30H,2,5-8,10-13H2,1H3,(H2,28,32)(H,29,33). The van der Waals surface area contributed by atoms with E-state index in [0.29, 0.717) is 43.2 Å². The number of nitrogens with zero attached hydrogens (tertiary/aromatic N) is 1. The first-order valence-electron chi connectivity index (χ1n) is 12.5. The van der Waals surface area contributed by atoms with E-state index in [1.54, 1.807) is 0 Å². The van der Waals surface area contributed by atoms with Gasteiger partial charge in [-0.25, -0.2) is 8.42 Å². The Bertz CT molecular complexity index is 1250. The Balaban J connectivity index is 1.48. The maximum absolute atomic E-state index is 13.4. The number of carbonyl (C=O) groups is 2. The summed E-state index contributed by atoms with van der Waals surface area (Å²) < 4.78 is 68.4. The second-order valence-electron chi connectivity index (χ2n) is 11.3. The zero-order valence-corrected chi connectivity index (χ0v) is 21.7. The number of nitro benzene ring substituents is 1. The lowest BCUT2D eigenvalue weighted by atomic mass is 9.56. The van der Waals surface area contributed by atoms with Gasteiger partial charge >= 0.3 is 6.18 Å². The number of fused-ring (bicyclic) bond motifs is 2. The summed E-state index contributed by atoms with van der Waals surface area (Å²) in [6.45, 7) is 2.32. The normalized spacial score (nSPS) is 28.7. The van der Waals surface area contributed by atoms with Crippen molar-refractivity contribution in [2.24, 2.45) is 28.9 Å². The van der Waals surface area contributed by atoms with Gasteiger partial charge in [0.15, 0.2) is 0 Å². The highest BCUT2D eigenvalue weighted by Crippen LogP contribution is 2.52. The molecule has 210 valence electrons. The average Bonchev–Trinajstić information content (AvgIpc) is 2.78. The lowest BCUT2D eigenvalue weighted by Crippen LogP contribution is -2.63. The molecule has 0 heterocycles. The van der Waals surface area contributed by atoms with Crippen LogP contribution in [0, 0.1) is 33.3 Å². The fourth-order valence-electron chi connectivity index (χ4n) is 6.65. The smallest absolute Gasteiger partial charge is 0.369 e. The van der Waals surface area contributed by atoms with Gasteiger partial charge in [-0.2, -0.15) is 17.9 Å². The summed E-state index contributed by atoms with van der Waals surface area (Å²) in [5, 5.41) is 13.8. The van der Waals surface area contributed by atoms with E-state index in [0.717, 1.165) is 19.3 Å². The first-order chi connectivity index (χ1) is 17.6. The largest absolute Gasteiger partial charge is 0.423 e. The molecule has 3 aliphatic rings. The van der Waals surface area contributed by atoms with Crippen molar-refractivity contribution in [3.05, 3.63) is 33.9 Å². The number of halogens is 3. The van der Waals surface area contributed by atoms with Gasteiger partial charge in [-0.1, -0.05) is 6.92 Å². The fraction of sp³-hybridized carbons (Fsp3) is 0.667. The molecule has 4 unspecified atom stereocenters. The highest BCUT2D eigenvalue weighted by molar-refractivity contribution is 7.89. The van der Waals surface area contributed by atoms with Crippen LogP contribution in [0.25, 0.3) is 0 Å². The van der Waals surface area contributed by atoms with Gasteiger partial charge in [-0.15, -0.1) is 0 Å². The van der Waals surface area contributed by atoms with E-state index < -0.39 is 54.1 Å². The van der Waals surface area contributed by atoms with E-state index in [2.05, 4.69) is 17.0 Å². The third kappa shape index (κ3) is 5.37. The molecule has 4 N–H and O–H groups in total. The van der Waals surface area contributed by atoms with Crippen LogP contribution in [-0.4, -0.2) is 37.2 Å². The number of nitrogens with one attached hydrogen (secondary N) is 2. The van der Waals surface area contributed by atoms with E-state index in [9.17, 15) is 41.3 Å². The summed E-state index contributed by atoms with van der Waals surface area (Å²) in [6, 6.07) is 1.40. The number of sulfonamides is 1. The summed E-state index contributed by atoms with van der Waals surface area (Å²) >= 11 is 0. The number of rotatable bonds is 8. The zero-order valence-electron chi connectivity index (χ0n) is 20.8. The summed E-state index contributed by atoms with van der Waals surface area (Å²) in [5.74, 6) is -0.266. The molecule has 0 aliphatic heterocycles. The number of amides is 2. The molecule has 0 spiro atoms. The quantitative estimate of drug-likeness (QED) is 0.327. The van der Waals surface area contributed by atoms with Crippen molar-refractivity contribution in [2.45, 2.75) is 74.9 Å². The molecule has 3 aliphatic carbocycles. The second kappa shape index (κ2) is 9.78. The van der Waals surface area contributed by atoms with Crippen LogP contribution in [-0.2, 0) is 25.8 Å². The van der Waals surface area contributed by atoms with Crippen molar-refractivity contribution in [1.29, 1.82) is 0 Å². The van der Waals surface area contributed by atoms with Gasteiger partial charge in [0.2, 0.25) is 21.8 Å². The van der Waals surface area contributed by atoms with Crippen LogP contribution in [0.4, 0.5) is 18.9 Å². The Morgan fingerprint density at radius 3 is 2.42 bits per heavy atom. The van der Waals surface area contributed by atoms with Gasteiger partial charge < -0.3 is 11.1 Å². The molecule has 1 aromatic carbocycles. The number of carbonyl (C=O) groups excluding carboxylic acids is 2. The van der Waals surface area contributed by atoms with E-state index in [4.69, 9.17) is 5.73 Å². The van der Waals surface area contributed by atoms with Crippen LogP contribution in [0.2, 0.25) is 0 Å². The molecular formula is C24H31F3N4O6S. The number of nitro groups is 1. The van der Waals surface area contributed by atoms with E-state index in [1.807, 2.05) is 0 Å². The van der Waals surface area contributed by atoms with Gasteiger partial charge in [-0.05, 0) is 81.3 Å². The van der Waals surface area contributed by atoms with Crippen LogP contribution in [0.15, 0.2) is 23.1 Å². The number of benzene rings is 1. The minimum absolute atomic E-state index is 0.0181. The molecule has 3 saturated carbocycles. The predicted octanol–water partition coefficient (Wildman–Crippen LogP) is 3.25. The Morgan fingerprint density at radius 1 is 1.18 bits per heavy atom. The van der Waals surface area contributed by atoms with Crippen LogP contribution >= 0.6 is 0 Å². The highest BCUT2D eigenvalue weighted by atomic mass is 32.2. The molecule has 2 bridgehead atoms. The van der Waals surface area contributed by atoms with Gasteiger partial charge in [-0.3, -0.25) is 19.7 Å². The maximum Gasteiger partial charge on any atom is 0.423 e. The molecule has 38 heavy (non-hydrogen) atoms. The van der Waals surface area contributed by atoms with Crippen molar-refractivity contribution >= 4 is 27.5 Å². The molecule has 3 fully saturated rings. The number of alkyl halides is 3. The van der Waals surface area contributed by atoms with Crippen LogP contribution in [0.5, 0.6) is 0 Å². The van der Waals surface area contributed by atoms with Crippen LogP contribution in [0.3, 0.4) is 0 Å². The third-order valence-corrected chi connectivity index (χ3v) is 9.86. The Morgan fingerprint density at radius 2 is 1.87 bits per heavy atom. The van der Waals surface area contributed by atoms with Crippen molar-refractivity contribution < 1.29 is 36.1 Å². The highest BCUT2D eigenvalue weighted by Gasteiger charge is 2.51. The Kier molecular flexibility index (Phi) is 7.27. The minimum Gasteiger partial charge on any atom is -0.369 e. The van der Waals surface area contributed by atoms with E-state index in [1.165, 1.54) is 0 Å². The monoisotopic (exact) mass is 560 g/mol. The Labute approximate surface area is 218 Å². The van der Waals surface area contributed by atoms with Crippen molar-refractivity contribution in [1.82, 2.24) is 10.0 Å². The molecule has 10 nitrogen and oxygen atoms in total. The first kappa shape index (κ1) is 28.3. The predicted molar refractivity (Wildman–Crippen MR) is 129 cm³/mol. The first-order valence-corrected chi connectivity index (χ1v) is 14.0. The van der Waals surface area contributed by atoms with Gasteiger partial charge in [0.05, 0.1) is 9.82 Å². The molecule has 0 radical (unpaired) electrons. The maximum atomic E-state index is 13.4. The molecular weight excluding hydrogens is 529 g/mol. The van der Waals surface area contributed by atoms with Gasteiger partial charge in [0, 0.05) is 18.0 Å². The summed E-state index contributed by atoms with van der Waals surface area (Å²) in [7, 11) is -4.63. The topological polar surface area (TPSA) is 162 Å². The van der Waals surface area contributed by atoms with E-state index >= 15 is 0 Å². The molecule has 2 amide bonds. The third-order valence-electron chi connectivity index (χ3n) is 8.33. The molecule has 4 atom stereocenters. The minimum atomic E-state index is -5.15. The Hall–Kier alpha value is -2.74. The zero-order chi connectivity index (χ0) is 28.1. The van der Waals surface area contributed by atoms with Gasteiger partial charge in [0.1, 0.15) is 11.1 Å². The van der Waals surface area contributed by atoms with E-state index in [-0.39, 0.29) is 37.3 Å². The molecule has 4 rings (SSSR count). The molecule has 1 aromatic rings. The van der Waals surface area contributed by atoms with Crippen molar-refractivity contribution in [2.75, 3.05) is 6.54 Å². The molecule has 14 heteroatoms. The van der Waals surface area contributed by atoms with Crippen molar-refractivity contribution in [3.8, 4) is 0 Å². The SMILES string of the molecule is CC1CC2CC(CNC(=O)C3(NS(=O)(=O)c4ccc([N+](=O)[O-])c(C(F)(F)F)c4)CCC3)CC(C(N)=O)(C1)C2. The number of nitrogens with two attached hydrogens (primary N) is 1. The number of hydrogen-bond acceptors (Lipinski definition) is 6. The lowest BCUT2D eigenvalue weighted by Gasteiger charge is -2.49. The average molecular weight is 561 g/mol. The summed E-state index contributed by atoms with van der Waals surface area (Å²) in [4.78, 5) is 34.4. The molecule has 0 aromatic heterocycles. The van der Waals surface area contributed by atoms with Gasteiger partial charge in [0.25, 0.3) is 5.69 Å². The fourth-order valence-corrected chi connectivity index (χ4v) is 8.10. The molecule has 0 saturated heterocycles. The number of primary amides is 1. The van der Waals surface area contributed by atoms with Crippen LogP contribution in [0.1, 0.15) is 63.9 Å². The number of hydrogen-bond donors (Lipinski definition) is 3. The summed E-state index contributed by atoms with van der Waals surface area (Å²) in [5.41, 5.74) is 0.644.